The minimum absolute atomic E-state index is 0.171. The van der Waals surface area contributed by atoms with E-state index in [9.17, 15) is 0 Å². The highest BCUT2D eigenvalue weighted by Crippen LogP contribution is 2.28. The Morgan fingerprint density at radius 2 is 0.429 bits per heavy atom. The van der Waals surface area contributed by atoms with E-state index < -0.39 is 12.2 Å². The second-order valence-electron chi connectivity index (χ2n) is 15.3. The van der Waals surface area contributed by atoms with Crippen LogP contribution < -0.4 is 37.9 Å². The number of ether oxygens (including phenoxy) is 18. The van der Waals surface area contributed by atoms with Gasteiger partial charge in [0, 0.05) is 0 Å². The Kier molecular flexibility index (Phi) is 27.2. The number of rotatable bonds is 1. The van der Waals surface area contributed by atoms with Crippen molar-refractivity contribution in [2.75, 3.05) is 172 Å². The van der Waals surface area contributed by atoms with Crippen LogP contribution in [0, 0.1) is 0 Å². The Labute approximate surface area is 411 Å². The Balaban J connectivity index is 1.06. The summed E-state index contributed by atoms with van der Waals surface area (Å²) in [5.74, 6) is 5.20. The van der Waals surface area contributed by atoms with Crippen LogP contribution in [0.3, 0.4) is 0 Å². The van der Waals surface area contributed by atoms with Crippen LogP contribution >= 0.6 is 0 Å². The van der Waals surface area contributed by atoms with E-state index in [4.69, 9.17) is 85.3 Å². The first-order valence-corrected chi connectivity index (χ1v) is 24.1. The van der Waals surface area contributed by atoms with E-state index in [0.29, 0.717) is 159 Å². The summed E-state index contributed by atoms with van der Waals surface area (Å²) in [5, 5.41) is 0. The van der Waals surface area contributed by atoms with Crippen LogP contribution in [-0.2, 0) is 47.4 Å². The highest BCUT2D eigenvalue weighted by molar-refractivity contribution is 5.40. The minimum Gasteiger partial charge on any atom is -0.491 e. The molecule has 0 N–H and O–H groups in total. The van der Waals surface area contributed by atoms with E-state index in [0.717, 1.165) is 5.75 Å². The topological polar surface area (TPSA) is 166 Å². The highest BCUT2D eigenvalue weighted by Gasteiger charge is 2.25. The van der Waals surface area contributed by atoms with E-state index in [1.54, 1.807) is 0 Å². The third-order valence-electron chi connectivity index (χ3n) is 10.1. The standard InChI is InChI=1S/C52H70O18/c1-2-6-48-47(5-1)65-35-26-56-21-22-57-27-36-66-49-7-3-4-8-50(49)68-39-40-70-52(42-60-30-38-67-48)51-41-59-29-34-64-46-15-13-44(14-16-46)62-32-24-55-20-18-53-17-19-54-23-31-61-43-9-11-45(12-10-43)63-33-25-58-28-37-69-51/h1-16,51-52H,17-42H2. The predicted molar refractivity (Wildman–Crippen MR) is 256 cm³/mol. The molecule has 0 spiro atoms. The fourth-order valence-electron chi connectivity index (χ4n) is 6.65. The summed E-state index contributed by atoms with van der Waals surface area (Å²) in [5.41, 5.74) is 0. The van der Waals surface area contributed by atoms with Gasteiger partial charge < -0.3 is 85.3 Å². The molecule has 2 unspecified atom stereocenters. The van der Waals surface area contributed by atoms with Gasteiger partial charge in [0.1, 0.15) is 88.1 Å². The van der Waals surface area contributed by atoms with Crippen LogP contribution in [0.2, 0.25) is 0 Å². The Bertz CT molecular complexity index is 1900. The highest BCUT2D eigenvalue weighted by atomic mass is 16.6. The molecule has 0 saturated heterocycles. The molecular weight excluding hydrogens is 913 g/mol. The summed E-state index contributed by atoms with van der Waals surface area (Å²) in [7, 11) is 0. The summed E-state index contributed by atoms with van der Waals surface area (Å²) in [6.45, 7) is 9.02. The van der Waals surface area contributed by atoms with Crippen molar-refractivity contribution in [1.29, 1.82) is 0 Å². The van der Waals surface area contributed by atoms with Crippen LogP contribution in [-0.4, -0.2) is 184 Å². The van der Waals surface area contributed by atoms with E-state index in [-0.39, 0.29) is 52.9 Å². The van der Waals surface area contributed by atoms with Crippen molar-refractivity contribution in [2.24, 2.45) is 0 Å². The maximum Gasteiger partial charge on any atom is 0.161 e. The summed E-state index contributed by atoms with van der Waals surface area (Å²) >= 11 is 0. The fraction of sp³-hybridized carbons (Fsp3) is 0.538. The lowest BCUT2D eigenvalue weighted by Gasteiger charge is -2.28. The molecule has 18 nitrogen and oxygen atoms in total. The lowest BCUT2D eigenvalue weighted by molar-refractivity contribution is -0.137. The fourth-order valence-corrected chi connectivity index (χ4v) is 6.65. The van der Waals surface area contributed by atoms with E-state index >= 15 is 0 Å². The first kappa shape index (κ1) is 54.2. The second kappa shape index (κ2) is 35.1. The van der Waals surface area contributed by atoms with Crippen LogP contribution in [0.1, 0.15) is 0 Å². The number of fused-ring (bicyclic) bond motifs is 2. The Morgan fingerprint density at radius 3 is 0.729 bits per heavy atom. The molecular formula is C52H70O18. The first-order chi connectivity index (χ1) is 34.8. The van der Waals surface area contributed by atoms with Gasteiger partial charge in [0.25, 0.3) is 0 Å². The molecule has 4 bridgehead atoms. The summed E-state index contributed by atoms with van der Waals surface area (Å²) in [6.07, 6.45) is -1.13. The molecule has 0 fully saturated rings. The van der Waals surface area contributed by atoms with Crippen LogP contribution in [0.4, 0.5) is 0 Å². The minimum atomic E-state index is -0.569. The normalized spacial score (nSPS) is 21.1. The summed E-state index contributed by atoms with van der Waals surface area (Å²) in [4.78, 5) is 0. The molecule has 18 heteroatoms. The van der Waals surface area contributed by atoms with Gasteiger partial charge in [-0.1, -0.05) is 24.3 Å². The second-order valence-corrected chi connectivity index (χ2v) is 15.3. The van der Waals surface area contributed by atoms with Crippen LogP contribution in [0.25, 0.3) is 0 Å². The largest absolute Gasteiger partial charge is 0.491 e. The molecule has 5 aliphatic heterocycles. The van der Waals surface area contributed by atoms with Crippen molar-refractivity contribution in [3.63, 3.8) is 0 Å². The molecule has 386 valence electrons. The van der Waals surface area contributed by atoms with Gasteiger partial charge in [-0.25, -0.2) is 0 Å². The van der Waals surface area contributed by atoms with Crippen molar-refractivity contribution in [3.05, 3.63) is 97.1 Å². The maximum absolute atomic E-state index is 6.47. The maximum atomic E-state index is 6.47. The SMILES string of the molecule is c1ccc2c(c1)OCCOCCOCCOc1ccccc1OCCOC(C1COCCOc3ccc(cc3)OCCOCCOCCOCCOc3ccc(cc3)OCCOCCO1)COCCO2. The van der Waals surface area contributed by atoms with Crippen molar-refractivity contribution < 1.29 is 85.3 Å². The van der Waals surface area contributed by atoms with Gasteiger partial charge in [-0.2, -0.15) is 0 Å². The van der Waals surface area contributed by atoms with Gasteiger partial charge >= 0.3 is 0 Å². The zero-order valence-corrected chi connectivity index (χ0v) is 40.1. The van der Waals surface area contributed by atoms with Gasteiger partial charge in [-0.05, 0) is 72.8 Å². The summed E-state index contributed by atoms with van der Waals surface area (Å²) < 4.78 is 107. The number of hydrogen-bond acceptors (Lipinski definition) is 18. The van der Waals surface area contributed by atoms with Gasteiger partial charge in [-0.3, -0.25) is 0 Å². The lowest BCUT2D eigenvalue weighted by Crippen LogP contribution is -2.41. The van der Waals surface area contributed by atoms with Crippen LogP contribution in [0.5, 0.6) is 46.0 Å². The molecule has 0 radical (unpaired) electrons. The van der Waals surface area contributed by atoms with E-state index in [2.05, 4.69) is 0 Å². The predicted octanol–water partition coefficient (Wildman–Crippen LogP) is 5.75. The van der Waals surface area contributed by atoms with Gasteiger partial charge in [-0.15, -0.1) is 0 Å². The van der Waals surface area contributed by atoms with Gasteiger partial charge in [0.05, 0.1) is 119 Å². The quantitative estimate of drug-likeness (QED) is 0.226. The van der Waals surface area contributed by atoms with Crippen LogP contribution in [0.15, 0.2) is 97.1 Å². The Morgan fingerprint density at radius 1 is 0.214 bits per heavy atom. The zero-order chi connectivity index (χ0) is 48.2. The average Bonchev–Trinajstić information content (AvgIpc) is 3.38. The summed E-state index contributed by atoms with van der Waals surface area (Å²) in [6, 6.07) is 29.8. The number of para-hydroxylation sites is 4. The van der Waals surface area contributed by atoms with Gasteiger partial charge in [0.15, 0.2) is 23.0 Å². The average molecular weight is 983 g/mol. The van der Waals surface area contributed by atoms with Gasteiger partial charge in [0.2, 0.25) is 0 Å². The molecule has 0 aromatic heterocycles. The Hall–Kier alpha value is -5.12. The molecule has 4 aromatic rings. The molecule has 4 aromatic carbocycles. The molecule has 0 aliphatic carbocycles. The molecule has 0 saturated carbocycles. The molecule has 2 atom stereocenters. The molecule has 70 heavy (non-hydrogen) atoms. The first-order valence-electron chi connectivity index (χ1n) is 24.1. The van der Waals surface area contributed by atoms with Crippen molar-refractivity contribution in [3.8, 4) is 46.0 Å². The van der Waals surface area contributed by atoms with Crippen molar-refractivity contribution >= 4 is 0 Å². The number of benzene rings is 4. The smallest absolute Gasteiger partial charge is 0.161 e. The zero-order valence-electron chi connectivity index (χ0n) is 40.1. The lowest BCUT2D eigenvalue weighted by atomic mass is 10.2. The third-order valence-corrected chi connectivity index (χ3v) is 10.1. The van der Waals surface area contributed by atoms with Crippen molar-refractivity contribution in [2.45, 2.75) is 12.2 Å². The third kappa shape index (κ3) is 22.7. The van der Waals surface area contributed by atoms with E-state index in [1.165, 1.54) is 0 Å². The van der Waals surface area contributed by atoms with E-state index in [1.807, 2.05) is 97.1 Å². The molecule has 0 amide bonds. The van der Waals surface area contributed by atoms with Crippen molar-refractivity contribution in [1.82, 2.24) is 0 Å². The molecule has 9 rings (SSSR count). The monoisotopic (exact) mass is 982 g/mol. The number of hydrogen-bond donors (Lipinski definition) is 0. The molecule has 5 aliphatic rings. The molecule has 5 heterocycles.